The predicted octanol–water partition coefficient (Wildman–Crippen LogP) is 1.46. The van der Waals surface area contributed by atoms with Crippen molar-refractivity contribution in [3.8, 4) is 11.5 Å². The second kappa shape index (κ2) is 11.5. The van der Waals surface area contributed by atoms with E-state index in [4.69, 9.17) is 14.2 Å². The van der Waals surface area contributed by atoms with Crippen LogP contribution in [-0.4, -0.2) is 70.5 Å². The van der Waals surface area contributed by atoms with E-state index >= 15 is 0 Å². The van der Waals surface area contributed by atoms with Crippen LogP contribution in [0.2, 0.25) is 0 Å². The van der Waals surface area contributed by atoms with Gasteiger partial charge < -0.3 is 24.8 Å². The van der Waals surface area contributed by atoms with Crippen molar-refractivity contribution < 1.29 is 14.2 Å². The lowest BCUT2D eigenvalue weighted by Crippen LogP contribution is -2.44. The lowest BCUT2D eigenvalue weighted by molar-refractivity contribution is 0.0389. The first-order chi connectivity index (χ1) is 12.3. The van der Waals surface area contributed by atoms with Crippen LogP contribution < -0.4 is 20.1 Å². The normalized spacial score (nSPS) is 17.8. The number of hydrogen-bond donors (Lipinski definition) is 2. The van der Waals surface area contributed by atoms with Gasteiger partial charge in [-0.2, -0.15) is 0 Å². The van der Waals surface area contributed by atoms with Gasteiger partial charge in [-0.3, -0.25) is 9.89 Å². The van der Waals surface area contributed by atoms with Gasteiger partial charge in [0.25, 0.3) is 0 Å². The van der Waals surface area contributed by atoms with Gasteiger partial charge in [0.1, 0.15) is 0 Å². The van der Waals surface area contributed by atoms with Gasteiger partial charge >= 0.3 is 0 Å². The quantitative estimate of drug-likeness (QED) is 0.381. The largest absolute Gasteiger partial charge is 0.490 e. The Labute approximate surface area is 172 Å². The number of nitrogens with zero attached hydrogens (tertiary/aromatic N) is 2. The van der Waals surface area contributed by atoms with Crippen LogP contribution in [0, 0.1) is 0 Å². The molecule has 0 saturated carbocycles. The van der Waals surface area contributed by atoms with E-state index in [9.17, 15) is 0 Å². The number of halogens is 1. The third kappa shape index (κ3) is 6.48. The summed E-state index contributed by atoms with van der Waals surface area (Å²) in [5.41, 5.74) is 1.14. The molecule has 0 radical (unpaired) electrons. The van der Waals surface area contributed by atoms with Gasteiger partial charge in [-0.1, -0.05) is 6.07 Å². The molecule has 26 heavy (non-hydrogen) atoms. The first-order valence-corrected chi connectivity index (χ1v) is 8.98. The topological polar surface area (TPSA) is 67.4 Å². The van der Waals surface area contributed by atoms with Crippen LogP contribution in [0.4, 0.5) is 0 Å². The zero-order valence-electron chi connectivity index (χ0n) is 15.3. The predicted molar refractivity (Wildman–Crippen MR) is 113 cm³/mol. The van der Waals surface area contributed by atoms with E-state index in [1.807, 2.05) is 12.1 Å². The van der Waals surface area contributed by atoms with Gasteiger partial charge in [-0.05, 0) is 17.7 Å². The van der Waals surface area contributed by atoms with Gasteiger partial charge in [0.05, 0.1) is 26.4 Å². The number of fused-ring (bicyclic) bond motifs is 1. The Morgan fingerprint density at radius 2 is 1.85 bits per heavy atom. The SMILES string of the molecule is CN=C(NCCN1CCOCC1)NCc1ccc2c(c1)OCCCO2.I. The van der Waals surface area contributed by atoms with Gasteiger partial charge in [0.2, 0.25) is 0 Å². The van der Waals surface area contributed by atoms with Crippen molar-refractivity contribution in [3.05, 3.63) is 23.8 Å². The number of ether oxygens (including phenoxy) is 3. The number of aliphatic imine (C=N–C) groups is 1. The van der Waals surface area contributed by atoms with Crippen molar-refractivity contribution in [2.24, 2.45) is 4.99 Å². The molecule has 1 aromatic rings. The van der Waals surface area contributed by atoms with E-state index in [0.29, 0.717) is 19.8 Å². The van der Waals surface area contributed by atoms with Gasteiger partial charge in [-0.25, -0.2) is 0 Å². The molecule has 0 amide bonds. The average Bonchev–Trinajstić information content (AvgIpc) is 2.90. The first kappa shape index (κ1) is 21.0. The molecular weight excluding hydrogens is 447 g/mol. The Hall–Kier alpha value is -1.26. The third-order valence-electron chi connectivity index (χ3n) is 4.32. The Morgan fingerprint density at radius 1 is 1.08 bits per heavy atom. The number of benzene rings is 1. The highest BCUT2D eigenvalue weighted by molar-refractivity contribution is 14.0. The minimum Gasteiger partial charge on any atom is -0.490 e. The summed E-state index contributed by atoms with van der Waals surface area (Å²) in [6.45, 7) is 7.63. The third-order valence-corrected chi connectivity index (χ3v) is 4.32. The smallest absolute Gasteiger partial charge is 0.191 e. The highest BCUT2D eigenvalue weighted by atomic mass is 127. The number of nitrogens with one attached hydrogen (secondary N) is 2. The molecule has 8 heteroatoms. The summed E-state index contributed by atoms with van der Waals surface area (Å²) in [4.78, 5) is 6.68. The van der Waals surface area contributed by atoms with Crippen molar-refractivity contribution in [2.45, 2.75) is 13.0 Å². The molecule has 0 aliphatic carbocycles. The van der Waals surface area contributed by atoms with Crippen LogP contribution in [-0.2, 0) is 11.3 Å². The summed E-state index contributed by atoms with van der Waals surface area (Å²) in [6, 6.07) is 6.07. The molecule has 0 atom stereocenters. The lowest BCUT2D eigenvalue weighted by atomic mass is 10.2. The zero-order chi connectivity index (χ0) is 17.3. The minimum atomic E-state index is 0. The molecule has 7 nitrogen and oxygen atoms in total. The van der Waals surface area contributed by atoms with Crippen molar-refractivity contribution in [1.29, 1.82) is 0 Å². The lowest BCUT2D eigenvalue weighted by Gasteiger charge is -2.26. The number of rotatable bonds is 5. The van der Waals surface area contributed by atoms with E-state index in [2.05, 4.69) is 26.6 Å². The second-order valence-electron chi connectivity index (χ2n) is 6.14. The molecule has 0 unspecified atom stereocenters. The monoisotopic (exact) mass is 476 g/mol. The van der Waals surface area contributed by atoms with Gasteiger partial charge in [0.15, 0.2) is 17.5 Å². The molecule has 2 aliphatic heterocycles. The highest BCUT2D eigenvalue weighted by Crippen LogP contribution is 2.30. The Kier molecular flexibility index (Phi) is 9.27. The molecule has 2 N–H and O–H groups in total. The highest BCUT2D eigenvalue weighted by Gasteiger charge is 2.11. The van der Waals surface area contributed by atoms with E-state index in [1.54, 1.807) is 7.05 Å². The van der Waals surface area contributed by atoms with Crippen LogP contribution >= 0.6 is 24.0 Å². The van der Waals surface area contributed by atoms with Crippen molar-refractivity contribution >= 4 is 29.9 Å². The fourth-order valence-electron chi connectivity index (χ4n) is 2.88. The molecule has 2 heterocycles. The van der Waals surface area contributed by atoms with Crippen LogP contribution in [0.25, 0.3) is 0 Å². The van der Waals surface area contributed by atoms with Gasteiger partial charge in [0, 0.05) is 46.2 Å². The van der Waals surface area contributed by atoms with Crippen molar-refractivity contribution in [2.75, 3.05) is 59.7 Å². The van der Waals surface area contributed by atoms with Crippen LogP contribution in [0.5, 0.6) is 11.5 Å². The maximum absolute atomic E-state index is 5.74. The van der Waals surface area contributed by atoms with E-state index < -0.39 is 0 Å². The molecule has 0 aromatic heterocycles. The van der Waals surface area contributed by atoms with E-state index in [0.717, 1.165) is 68.8 Å². The van der Waals surface area contributed by atoms with E-state index in [-0.39, 0.29) is 24.0 Å². The average molecular weight is 476 g/mol. The summed E-state index contributed by atoms with van der Waals surface area (Å²) in [6.07, 6.45) is 0.919. The molecule has 2 aliphatic rings. The summed E-state index contributed by atoms with van der Waals surface area (Å²) >= 11 is 0. The molecule has 1 fully saturated rings. The maximum atomic E-state index is 5.74. The van der Waals surface area contributed by atoms with Gasteiger partial charge in [-0.15, -0.1) is 24.0 Å². The molecule has 1 saturated heterocycles. The minimum absolute atomic E-state index is 0. The molecule has 146 valence electrons. The number of guanidine groups is 1. The van der Waals surface area contributed by atoms with Crippen molar-refractivity contribution in [1.82, 2.24) is 15.5 Å². The fraction of sp³-hybridized carbons (Fsp3) is 0.611. The molecule has 3 rings (SSSR count). The van der Waals surface area contributed by atoms with Crippen molar-refractivity contribution in [3.63, 3.8) is 0 Å². The van der Waals surface area contributed by atoms with Crippen LogP contribution in [0.1, 0.15) is 12.0 Å². The number of morpholine rings is 1. The Bertz CT molecular complexity index is 580. The Morgan fingerprint density at radius 3 is 2.62 bits per heavy atom. The molecule has 1 aromatic carbocycles. The van der Waals surface area contributed by atoms with Crippen LogP contribution in [0.3, 0.4) is 0 Å². The molecule has 0 spiro atoms. The second-order valence-corrected chi connectivity index (χ2v) is 6.14. The van der Waals surface area contributed by atoms with E-state index in [1.165, 1.54) is 0 Å². The summed E-state index contributed by atoms with van der Waals surface area (Å²) in [5.74, 6) is 2.46. The Balaban J connectivity index is 0.00000243. The summed E-state index contributed by atoms with van der Waals surface area (Å²) < 4.78 is 16.8. The summed E-state index contributed by atoms with van der Waals surface area (Å²) in [7, 11) is 1.79. The van der Waals surface area contributed by atoms with Crippen LogP contribution in [0.15, 0.2) is 23.2 Å². The molecular formula is C18H29IN4O3. The summed E-state index contributed by atoms with van der Waals surface area (Å²) in [5, 5.41) is 6.70. The zero-order valence-corrected chi connectivity index (χ0v) is 17.7. The fourth-order valence-corrected chi connectivity index (χ4v) is 2.88. The standard InChI is InChI=1S/C18H28N4O3.HI/c1-19-18(20-5-6-22-7-11-23-12-8-22)21-14-15-3-4-16-17(13-15)25-10-2-9-24-16;/h3-4,13H,2,5-12,14H2,1H3,(H2,19,20,21);1H. The first-order valence-electron chi connectivity index (χ1n) is 8.98. The number of hydrogen-bond acceptors (Lipinski definition) is 5. The molecule has 0 bridgehead atoms. The maximum Gasteiger partial charge on any atom is 0.191 e.